The number of amidine groups is 1. The van der Waals surface area contributed by atoms with E-state index in [0.29, 0.717) is 11.4 Å². The number of nitrogens with zero attached hydrogens (tertiary/aromatic N) is 3. The SMILES string of the molecule is CCC(CC)CN.N=NC(=N)c1cc(C(=O)NCc2ccc3c(c2)NC(=O)CO3)ncn1. The Morgan fingerprint density at radius 1 is 1.28 bits per heavy atom. The molecular weight excluding hydrogens is 412 g/mol. The van der Waals surface area contributed by atoms with Gasteiger partial charge in [0.2, 0.25) is 0 Å². The number of nitrogens with two attached hydrogens (primary N) is 1. The standard InChI is InChI=1S/C15H13N7O3.C6H15N/c16-14(22-17)10-4-11(20-7-19-10)15(24)18-5-8-1-2-12-9(3-8)21-13(23)6-25-12;1-3-6(4-2)5-7/h1-4,7,16-17H,5-6H2,(H,18,24)(H,21,23);6H,3-5,7H2,1-2H3. The molecule has 2 amide bonds. The number of aromatic nitrogens is 2. The van der Waals surface area contributed by atoms with Gasteiger partial charge in [-0.25, -0.2) is 15.5 Å². The Bertz CT molecular complexity index is 970. The largest absolute Gasteiger partial charge is 0.482 e. The van der Waals surface area contributed by atoms with Gasteiger partial charge in [0.15, 0.2) is 12.4 Å². The first kappa shape index (κ1) is 24.5. The molecule has 0 saturated carbocycles. The third-order valence-corrected chi connectivity index (χ3v) is 4.87. The van der Waals surface area contributed by atoms with Crippen LogP contribution in [0, 0.1) is 16.9 Å². The molecule has 3 rings (SSSR count). The van der Waals surface area contributed by atoms with Crippen LogP contribution in [0.4, 0.5) is 5.69 Å². The van der Waals surface area contributed by atoms with E-state index in [4.69, 9.17) is 21.4 Å². The van der Waals surface area contributed by atoms with E-state index in [-0.39, 0.29) is 36.3 Å². The second-order valence-corrected chi connectivity index (χ2v) is 7.02. The molecule has 32 heavy (non-hydrogen) atoms. The Balaban J connectivity index is 0.000000451. The summed E-state index contributed by atoms with van der Waals surface area (Å²) in [6.45, 7) is 5.41. The Labute approximate surface area is 186 Å². The number of carbonyl (C=O) groups is 2. The Morgan fingerprint density at radius 2 is 2.00 bits per heavy atom. The number of fused-ring (bicyclic) bond motifs is 1. The Kier molecular flexibility index (Phi) is 9.36. The van der Waals surface area contributed by atoms with Crippen molar-refractivity contribution in [2.24, 2.45) is 16.8 Å². The van der Waals surface area contributed by atoms with Crippen molar-refractivity contribution in [2.75, 3.05) is 18.5 Å². The highest BCUT2D eigenvalue weighted by Crippen LogP contribution is 2.28. The van der Waals surface area contributed by atoms with E-state index in [1.54, 1.807) is 18.2 Å². The van der Waals surface area contributed by atoms with Gasteiger partial charge >= 0.3 is 0 Å². The fraction of sp³-hybridized carbons (Fsp3) is 0.381. The van der Waals surface area contributed by atoms with E-state index < -0.39 is 5.91 Å². The zero-order chi connectivity index (χ0) is 23.5. The number of hydrogen-bond acceptors (Lipinski definition) is 8. The molecule has 2 aromatic rings. The van der Waals surface area contributed by atoms with Crippen LogP contribution in [0.25, 0.3) is 0 Å². The van der Waals surface area contributed by atoms with E-state index in [1.165, 1.54) is 18.9 Å². The normalized spacial score (nSPS) is 11.9. The van der Waals surface area contributed by atoms with Gasteiger partial charge in [0, 0.05) is 6.54 Å². The average molecular weight is 441 g/mol. The lowest BCUT2D eigenvalue weighted by Crippen LogP contribution is -2.26. The summed E-state index contributed by atoms with van der Waals surface area (Å²) in [6, 6.07) is 6.50. The maximum absolute atomic E-state index is 12.2. The van der Waals surface area contributed by atoms with E-state index in [0.717, 1.165) is 24.4 Å². The fourth-order valence-corrected chi connectivity index (χ4v) is 2.80. The number of rotatable bonds is 7. The van der Waals surface area contributed by atoms with Crippen LogP contribution in [0.3, 0.4) is 0 Å². The summed E-state index contributed by atoms with van der Waals surface area (Å²) in [6.07, 6.45) is 3.59. The predicted molar refractivity (Wildman–Crippen MR) is 119 cm³/mol. The van der Waals surface area contributed by atoms with Crippen LogP contribution < -0.4 is 21.1 Å². The highest BCUT2D eigenvalue weighted by Gasteiger charge is 2.16. The molecule has 11 heteroatoms. The van der Waals surface area contributed by atoms with Crippen LogP contribution in [-0.2, 0) is 11.3 Å². The van der Waals surface area contributed by atoms with Gasteiger partial charge in [-0.2, -0.15) is 0 Å². The van der Waals surface area contributed by atoms with Crippen molar-refractivity contribution in [2.45, 2.75) is 33.2 Å². The Hall–Kier alpha value is -3.73. The molecule has 1 aliphatic heterocycles. The molecule has 0 aliphatic carbocycles. The van der Waals surface area contributed by atoms with Gasteiger partial charge in [-0.1, -0.05) is 32.8 Å². The summed E-state index contributed by atoms with van der Waals surface area (Å²) < 4.78 is 5.27. The van der Waals surface area contributed by atoms with Gasteiger partial charge in [0.05, 0.1) is 5.69 Å². The molecule has 6 N–H and O–H groups in total. The molecule has 1 aromatic carbocycles. The van der Waals surface area contributed by atoms with Gasteiger partial charge < -0.3 is 21.1 Å². The van der Waals surface area contributed by atoms with E-state index in [1.807, 2.05) is 0 Å². The van der Waals surface area contributed by atoms with Crippen LogP contribution >= 0.6 is 0 Å². The van der Waals surface area contributed by atoms with E-state index in [2.05, 4.69) is 39.6 Å². The molecule has 2 heterocycles. The molecule has 0 radical (unpaired) electrons. The Morgan fingerprint density at radius 3 is 2.62 bits per heavy atom. The summed E-state index contributed by atoms with van der Waals surface area (Å²) in [4.78, 5) is 31.2. The number of nitrogens with one attached hydrogen (secondary N) is 4. The maximum Gasteiger partial charge on any atom is 0.270 e. The van der Waals surface area contributed by atoms with Gasteiger partial charge in [-0.15, -0.1) is 5.11 Å². The van der Waals surface area contributed by atoms with Gasteiger partial charge in [-0.05, 0) is 36.2 Å². The summed E-state index contributed by atoms with van der Waals surface area (Å²) in [5.74, 6) is 0.290. The number of carbonyl (C=O) groups excluding carboxylic acids is 2. The minimum Gasteiger partial charge on any atom is -0.482 e. The lowest BCUT2D eigenvalue weighted by Gasteiger charge is -2.18. The quantitative estimate of drug-likeness (QED) is 0.250. The van der Waals surface area contributed by atoms with E-state index >= 15 is 0 Å². The maximum atomic E-state index is 12.2. The molecule has 1 aliphatic rings. The van der Waals surface area contributed by atoms with E-state index in [9.17, 15) is 9.59 Å². The van der Waals surface area contributed by atoms with Crippen molar-refractivity contribution in [3.05, 3.63) is 47.5 Å². The van der Waals surface area contributed by atoms with Crippen LogP contribution in [0.1, 0.15) is 48.4 Å². The van der Waals surface area contributed by atoms with Crippen LogP contribution in [-0.4, -0.2) is 40.8 Å². The summed E-state index contributed by atoms with van der Waals surface area (Å²) in [5.41, 5.74) is 13.7. The van der Waals surface area contributed by atoms with Crippen LogP contribution in [0.15, 0.2) is 35.7 Å². The second-order valence-electron chi connectivity index (χ2n) is 7.02. The smallest absolute Gasteiger partial charge is 0.270 e. The first-order valence-corrected chi connectivity index (χ1v) is 10.2. The van der Waals surface area contributed by atoms with Crippen molar-refractivity contribution < 1.29 is 14.3 Å². The lowest BCUT2D eigenvalue weighted by atomic mass is 10.0. The monoisotopic (exact) mass is 440 g/mol. The molecule has 0 atom stereocenters. The predicted octanol–water partition coefficient (Wildman–Crippen LogP) is 2.48. The lowest BCUT2D eigenvalue weighted by molar-refractivity contribution is -0.118. The minimum atomic E-state index is -0.459. The second kappa shape index (κ2) is 12.2. The number of benzene rings is 1. The highest BCUT2D eigenvalue weighted by atomic mass is 16.5. The zero-order valence-electron chi connectivity index (χ0n) is 18.1. The van der Waals surface area contributed by atoms with Crippen LogP contribution in [0.5, 0.6) is 5.75 Å². The molecule has 1 aromatic heterocycles. The van der Waals surface area contributed by atoms with Crippen molar-refractivity contribution in [1.29, 1.82) is 10.9 Å². The first-order valence-electron chi connectivity index (χ1n) is 10.2. The third kappa shape index (κ3) is 6.91. The number of anilines is 1. The van der Waals surface area contributed by atoms with Crippen molar-refractivity contribution in [3.63, 3.8) is 0 Å². The molecule has 0 fully saturated rings. The van der Waals surface area contributed by atoms with Gasteiger partial charge in [0.25, 0.3) is 11.8 Å². The highest BCUT2D eigenvalue weighted by molar-refractivity contribution is 5.98. The summed E-state index contributed by atoms with van der Waals surface area (Å²) in [7, 11) is 0. The summed E-state index contributed by atoms with van der Waals surface area (Å²) >= 11 is 0. The zero-order valence-corrected chi connectivity index (χ0v) is 18.1. The summed E-state index contributed by atoms with van der Waals surface area (Å²) in [5, 5.41) is 15.8. The first-order chi connectivity index (χ1) is 15.4. The molecule has 0 saturated heterocycles. The molecule has 0 unspecified atom stereocenters. The molecular formula is C21H28N8O3. The number of ether oxygens (including phenoxy) is 1. The van der Waals surface area contributed by atoms with Crippen LogP contribution in [0.2, 0.25) is 0 Å². The van der Waals surface area contributed by atoms with Crippen molar-refractivity contribution in [1.82, 2.24) is 15.3 Å². The van der Waals surface area contributed by atoms with Gasteiger partial charge in [0.1, 0.15) is 23.5 Å². The number of amides is 2. The topological polar surface area (TPSA) is 179 Å². The molecule has 170 valence electrons. The van der Waals surface area contributed by atoms with Crippen molar-refractivity contribution >= 4 is 23.3 Å². The fourth-order valence-electron chi connectivity index (χ4n) is 2.80. The third-order valence-electron chi connectivity index (χ3n) is 4.87. The number of hydrogen-bond donors (Lipinski definition) is 5. The van der Waals surface area contributed by atoms with Gasteiger partial charge in [-0.3, -0.25) is 15.0 Å². The van der Waals surface area contributed by atoms with Crippen molar-refractivity contribution in [3.8, 4) is 5.75 Å². The molecule has 0 spiro atoms. The molecule has 11 nitrogen and oxygen atoms in total. The average Bonchev–Trinajstić information content (AvgIpc) is 2.83. The molecule has 0 bridgehead atoms. The minimum absolute atomic E-state index is 0.0151.